The predicted molar refractivity (Wildman–Crippen MR) is 103 cm³/mol. The van der Waals surface area contributed by atoms with Crippen LogP contribution in [0.4, 0.5) is 17.6 Å². The third-order valence-corrected chi connectivity index (χ3v) is 5.43. The molecular weight excluding hydrogens is 364 g/mol. The van der Waals surface area contributed by atoms with Gasteiger partial charge in [0.05, 0.1) is 0 Å². The molecule has 0 fully saturated rings. The molecule has 0 N–H and O–H groups in total. The van der Waals surface area contributed by atoms with Gasteiger partial charge in [-0.25, -0.2) is 17.6 Å². The molecule has 0 aromatic heterocycles. The van der Waals surface area contributed by atoms with Crippen molar-refractivity contribution in [1.82, 2.24) is 0 Å². The van der Waals surface area contributed by atoms with Crippen molar-refractivity contribution in [2.24, 2.45) is 0 Å². The summed E-state index contributed by atoms with van der Waals surface area (Å²) in [5, 5.41) is 0. The van der Waals surface area contributed by atoms with Crippen LogP contribution in [-0.2, 0) is 12.8 Å². The van der Waals surface area contributed by atoms with Crippen LogP contribution in [-0.4, -0.2) is 0 Å². The van der Waals surface area contributed by atoms with E-state index in [1.54, 1.807) is 6.07 Å². The highest BCUT2D eigenvalue weighted by molar-refractivity contribution is 5.81. The summed E-state index contributed by atoms with van der Waals surface area (Å²) in [4.78, 5) is 0. The molecule has 0 radical (unpaired) electrons. The second-order valence-corrected chi connectivity index (χ2v) is 7.34. The molecule has 144 valence electrons. The lowest BCUT2D eigenvalue weighted by Crippen LogP contribution is -1.96. The van der Waals surface area contributed by atoms with Crippen molar-refractivity contribution in [2.45, 2.75) is 39.0 Å². The summed E-state index contributed by atoms with van der Waals surface area (Å²) < 4.78 is 56.1. The van der Waals surface area contributed by atoms with E-state index in [0.717, 1.165) is 24.5 Å². The number of rotatable bonds is 5. The molecule has 0 aliphatic heterocycles. The van der Waals surface area contributed by atoms with Gasteiger partial charge in [0.15, 0.2) is 17.5 Å². The molecule has 4 rings (SSSR count). The van der Waals surface area contributed by atoms with Gasteiger partial charge in [0.25, 0.3) is 0 Å². The number of hydrogen-bond donors (Lipinski definition) is 0. The monoisotopic (exact) mass is 384 g/mol. The van der Waals surface area contributed by atoms with Crippen LogP contribution in [0.1, 0.15) is 42.9 Å². The van der Waals surface area contributed by atoms with Crippen LogP contribution in [0.25, 0.3) is 22.3 Å². The first kappa shape index (κ1) is 18.7. The molecule has 0 saturated carbocycles. The number of fused-ring (bicyclic) bond motifs is 3. The molecule has 0 amide bonds. The van der Waals surface area contributed by atoms with E-state index in [1.165, 1.54) is 24.5 Å². The Morgan fingerprint density at radius 2 is 1.54 bits per heavy atom. The van der Waals surface area contributed by atoms with Gasteiger partial charge >= 0.3 is 0 Å². The highest BCUT2D eigenvalue weighted by Crippen LogP contribution is 2.42. The van der Waals surface area contributed by atoms with Crippen LogP contribution in [0.2, 0.25) is 0 Å². The molecule has 1 aliphatic rings. The molecule has 0 nitrogen and oxygen atoms in total. The summed E-state index contributed by atoms with van der Waals surface area (Å²) in [6.45, 7) is 2.17. The molecule has 0 spiro atoms. The normalized spacial score (nSPS) is 12.2. The van der Waals surface area contributed by atoms with Gasteiger partial charge in [-0.1, -0.05) is 44.0 Å². The number of halogens is 4. The smallest absolute Gasteiger partial charge is 0.194 e. The summed E-state index contributed by atoms with van der Waals surface area (Å²) in [6, 6.07) is 12.0. The third kappa shape index (κ3) is 3.21. The van der Waals surface area contributed by atoms with E-state index in [9.17, 15) is 17.6 Å². The minimum Gasteiger partial charge on any atom is -0.206 e. The maximum Gasteiger partial charge on any atom is 0.194 e. The molecule has 0 bridgehead atoms. The maximum atomic E-state index is 14.8. The zero-order chi connectivity index (χ0) is 19.8. The Balaban J connectivity index is 1.68. The maximum absolute atomic E-state index is 14.8. The average Bonchev–Trinajstić information content (AvgIpc) is 3.06. The highest BCUT2D eigenvalue weighted by atomic mass is 19.2. The molecular formula is C24H20F4. The van der Waals surface area contributed by atoms with E-state index in [-0.39, 0.29) is 23.1 Å². The number of aryl methyl sites for hydroxylation is 1. The van der Waals surface area contributed by atoms with Crippen molar-refractivity contribution in [3.8, 4) is 22.3 Å². The summed E-state index contributed by atoms with van der Waals surface area (Å²) >= 11 is 0. The Morgan fingerprint density at radius 1 is 0.786 bits per heavy atom. The van der Waals surface area contributed by atoms with Crippen LogP contribution in [0.5, 0.6) is 0 Å². The Morgan fingerprint density at radius 3 is 2.25 bits per heavy atom. The minimum atomic E-state index is -1.51. The van der Waals surface area contributed by atoms with Crippen molar-refractivity contribution in [3.05, 3.63) is 82.4 Å². The van der Waals surface area contributed by atoms with Gasteiger partial charge in [-0.3, -0.25) is 0 Å². The Hall–Kier alpha value is -2.62. The summed E-state index contributed by atoms with van der Waals surface area (Å²) in [5.74, 6) is -4.59. The van der Waals surface area contributed by atoms with Gasteiger partial charge in [-0.2, -0.15) is 0 Å². The van der Waals surface area contributed by atoms with Crippen LogP contribution >= 0.6 is 0 Å². The minimum absolute atomic E-state index is 0.0104. The van der Waals surface area contributed by atoms with Gasteiger partial charge in [0.1, 0.15) is 5.82 Å². The fourth-order valence-corrected chi connectivity index (χ4v) is 3.93. The van der Waals surface area contributed by atoms with Crippen LogP contribution in [0.3, 0.4) is 0 Å². The molecule has 0 atom stereocenters. The molecule has 4 heteroatoms. The largest absolute Gasteiger partial charge is 0.206 e. The van der Waals surface area contributed by atoms with Crippen molar-refractivity contribution in [2.75, 3.05) is 0 Å². The van der Waals surface area contributed by atoms with Gasteiger partial charge in [0.2, 0.25) is 0 Å². The molecule has 3 aromatic carbocycles. The molecule has 28 heavy (non-hydrogen) atoms. The topological polar surface area (TPSA) is 0 Å². The SMILES string of the molecule is CCCCCc1ccc(-c2cc(F)c3c(c2)Cc2c-3cc(F)c(F)c2F)cc1. The van der Waals surface area contributed by atoms with Gasteiger partial charge in [-0.15, -0.1) is 0 Å². The second-order valence-electron chi connectivity index (χ2n) is 7.34. The zero-order valence-electron chi connectivity index (χ0n) is 15.6. The Labute approximate surface area is 161 Å². The van der Waals surface area contributed by atoms with E-state index in [2.05, 4.69) is 6.92 Å². The van der Waals surface area contributed by atoms with Crippen LogP contribution in [0, 0.1) is 23.3 Å². The summed E-state index contributed by atoms with van der Waals surface area (Å²) in [7, 11) is 0. The van der Waals surface area contributed by atoms with Gasteiger partial charge in [-0.05, 0) is 58.9 Å². The molecule has 0 unspecified atom stereocenters. The quantitative estimate of drug-likeness (QED) is 0.194. The first-order valence-corrected chi connectivity index (χ1v) is 9.58. The van der Waals surface area contributed by atoms with E-state index >= 15 is 0 Å². The predicted octanol–water partition coefficient (Wildman–Crippen LogP) is 7.21. The summed E-state index contributed by atoms with van der Waals surface area (Å²) in [5.41, 5.74) is 3.58. The van der Waals surface area contributed by atoms with E-state index in [0.29, 0.717) is 11.1 Å². The van der Waals surface area contributed by atoms with Gasteiger partial charge < -0.3 is 0 Å². The standard InChI is InChI=1S/C24H20F4/c1-2-3-4-5-14-6-8-15(9-7-14)16-10-17-11-19-18(22(17)20(25)12-16)13-21(26)24(28)23(19)27/h6-10,12-13H,2-5,11H2,1H3. The zero-order valence-corrected chi connectivity index (χ0v) is 15.6. The van der Waals surface area contributed by atoms with Crippen LogP contribution in [0.15, 0.2) is 42.5 Å². The van der Waals surface area contributed by atoms with E-state index in [4.69, 9.17) is 0 Å². The number of unbranched alkanes of at least 4 members (excludes halogenated alkanes) is 2. The first-order valence-electron chi connectivity index (χ1n) is 9.58. The first-order chi connectivity index (χ1) is 13.5. The van der Waals surface area contributed by atoms with E-state index in [1.807, 2.05) is 24.3 Å². The van der Waals surface area contributed by atoms with Gasteiger partial charge in [0, 0.05) is 17.5 Å². The molecule has 0 saturated heterocycles. The highest BCUT2D eigenvalue weighted by Gasteiger charge is 2.29. The third-order valence-electron chi connectivity index (χ3n) is 5.43. The van der Waals surface area contributed by atoms with Crippen molar-refractivity contribution in [1.29, 1.82) is 0 Å². The fourth-order valence-electron chi connectivity index (χ4n) is 3.93. The molecule has 1 aliphatic carbocycles. The molecule has 0 heterocycles. The Kier molecular flexibility index (Phi) is 4.96. The van der Waals surface area contributed by atoms with Crippen LogP contribution < -0.4 is 0 Å². The van der Waals surface area contributed by atoms with Crippen molar-refractivity contribution >= 4 is 0 Å². The average molecular weight is 384 g/mol. The fraction of sp³-hybridized carbons (Fsp3) is 0.250. The lowest BCUT2D eigenvalue weighted by atomic mass is 9.97. The van der Waals surface area contributed by atoms with Crippen molar-refractivity contribution < 1.29 is 17.6 Å². The lowest BCUT2D eigenvalue weighted by Gasteiger charge is -2.09. The lowest BCUT2D eigenvalue weighted by molar-refractivity contribution is 0.443. The van der Waals surface area contributed by atoms with E-state index < -0.39 is 23.3 Å². The Bertz CT molecular complexity index is 1040. The number of benzene rings is 3. The summed E-state index contributed by atoms with van der Waals surface area (Å²) in [6.07, 6.45) is 4.56. The number of hydrogen-bond acceptors (Lipinski definition) is 0. The molecule has 3 aromatic rings. The second kappa shape index (κ2) is 7.42. The van der Waals surface area contributed by atoms with Crippen molar-refractivity contribution in [3.63, 3.8) is 0 Å².